The Kier molecular flexibility index (Phi) is 4.34. The summed E-state index contributed by atoms with van der Waals surface area (Å²) in [5, 5.41) is 9.55. The monoisotopic (exact) mass is 280 g/mol. The first-order valence-electron chi connectivity index (χ1n) is 8.53. The highest BCUT2D eigenvalue weighted by atomic mass is 16.5. The van der Waals surface area contributed by atoms with E-state index in [4.69, 9.17) is 4.74 Å². The summed E-state index contributed by atoms with van der Waals surface area (Å²) in [6, 6.07) is 0. The van der Waals surface area contributed by atoms with Gasteiger partial charge >= 0.3 is 5.97 Å². The van der Waals surface area contributed by atoms with Gasteiger partial charge in [-0.2, -0.15) is 0 Å². The van der Waals surface area contributed by atoms with Gasteiger partial charge in [-0.3, -0.25) is 4.79 Å². The van der Waals surface area contributed by atoms with Crippen molar-refractivity contribution in [2.45, 2.75) is 51.9 Å². The number of ether oxygens (including phenoxy) is 1. The van der Waals surface area contributed by atoms with Crippen LogP contribution >= 0.6 is 0 Å². The molecular formula is C17H28O3. The highest BCUT2D eigenvalue weighted by Crippen LogP contribution is 2.62. The Bertz CT molecular complexity index is 354. The van der Waals surface area contributed by atoms with Crippen molar-refractivity contribution < 1.29 is 14.6 Å². The Morgan fingerprint density at radius 1 is 1.20 bits per heavy atom. The minimum absolute atomic E-state index is 0.0515. The summed E-state index contributed by atoms with van der Waals surface area (Å²) in [6.07, 6.45) is 7.99. The van der Waals surface area contributed by atoms with E-state index < -0.39 is 0 Å². The van der Waals surface area contributed by atoms with Crippen LogP contribution in [0.4, 0.5) is 0 Å². The Balaban J connectivity index is 1.56. The average Bonchev–Trinajstić information content (AvgIpc) is 3.13. The van der Waals surface area contributed by atoms with E-state index in [0.29, 0.717) is 31.0 Å². The summed E-state index contributed by atoms with van der Waals surface area (Å²) in [4.78, 5) is 12.3. The molecule has 3 heteroatoms. The zero-order valence-electron chi connectivity index (χ0n) is 12.6. The van der Waals surface area contributed by atoms with Gasteiger partial charge in [0.15, 0.2) is 0 Å². The van der Waals surface area contributed by atoms with Gasteiger partial charge in [0.2, 0.25) is 0 Å². The van der Waals surface area contributed by atoms with Crippen LogP contribution in [0.15, 0.2) is 0 Å². The molecule has 1 N–H and O–H groups in total. The molecule has 0 aromatic heterocycles. The van der Waals surface area contributed by atoms with E-state index in [1.165, 1.54) is 12.8 Å². The second-order valence-electron chi connectivity index (χ2n) is 7.14. The molecule has 0 radical (unpaired) electrons. The standard InChI is InChI=1S/C17H28O3/c1-2-3-4-7-20-17(19)15-9-12-8-14(15)16-11(10-18)5-6-13(12)16/h11-16,18H,2-10H2,1H3. The van der Waals surface area contributed by atoms with Crippen molar-refractivity contribution >= 4 is 5.97 Å². The first-order chi connectivity index (χ1) is 9.76. The molecule has 6 atom stereocenters. The summed E-state index contributed by atoms with van der Waals surface area (Å²) in [5.74, 6) is 3.27. The molecule has 3 fully saturated rings. The topological polar surface area (TPSA) is 46.5 Å². The van der Waals surface area contributed by atoms with Crippen LogP contribution in [0, 0.1) is 35.5 Å². The summed E-state index contributed by atoms with van der Waals surface area (Å²) >= 11 is 0. The molecular weight excluding hydrogens is 252 g/mol. The lowest BCUT2D eigenvalue weighted by Crippen LogP contribution is -2.34. The lowest BCUT2D eigenvalue weighted by molar-refractivity contribution is -0.152. The zero-order valence-corrected chi connectivity index (χ0v) is 12.6. The molecule has 20 heavy (non-hydrogen) atoms. The first-order valence-corrected chi connectivity index (χ1v) is 8.53. The summed E-state index contributed by atoms with van der Waals surface area (Å²) in [6.45, 7) is 3.06. The van der Waals surface area contributed by atoms with Crippen LogP contribution in [-0.4, -0.2) is 24.3 Å². The number of carbonyl (C=O) groups excluding carboxylic acids is 1. The second-order valence-corrected chi connectivity index (χ2v) is 7.14. The molecule has 3 aliphatic rings. The van der Waals surface area contributed by atoms with Crippen molar-refractivity contribution in [3.63, 3.8) is 0 Å². The van der Waals surface area contributed by atoms with Gasteiger partial charge in [0.25, 0.3) is 0 Å². The molecule has 0 heterocycles. The van der Waals surface area contributed by atoms with Crippen molar-refractivity contribution in [1.82, 2.24) is 0 Å². The largest absolute Gasteiger partial charge is 0.465 e. The van der Waals surface area contributed by atoms with Gasteiger partial charge in [-0.15, -0.1) is 0 Å². The fourth-order valence-electron chi connectivity index (χ4n) is 5.36. The second kappa shape index (κ2) is 6.05. The predicted octanol–water partition coefficient (Wildman–Crippen LogP) is 3.01. The van der Waals surface area contributed by atoms with E-state index in [1.54, 1.807) is 0 Å². The Morgan fingerprint density at radius 3 is 2.80 bits per heavy atom. The molecule has 3 rings (SSSR count). The van der Waals surface area contributed by atoms with Crippen molar-refractivity contribution in [2.75, 3.05) is 13.2 Å². The summed E-state index contributed by atoms with van der Waals surface area (Å²) in [5.41, 5.74) is 0. The number of aliphatic hydroxyl groups excluding tert-OH is 1. The number of rotatable bonds is 6. The van der Waals surface area contributed by atoms with Crippen LogP contribution in [0.3, 0.4) is 0 Å². The Hall–Kier alpha value is -0.570. The maximum absolute atomic E-state index is 12.3. The van der Waals surface area contributed by atoms with Gasteiger partial charge in [-0.05, 0) is 61.7 Å². The number of hydrogen-bond donors (Lipinski definition) is 1. The fraction of sp³-hybridized carbons (Fsp3) is 0.941. The third-order valence-corrected chi connectivity index (χ3v) is 6.19. The molecule has 0 saturated heterocycles. The van der Waals surface area contributed by atoms with Crippen LogP contribution < -0.4 is 0 Å². The lowest BCUT2D eigenvalue weighted by atomic mass is 9.73. The van der Waals surface area contributed by atoms with E-state index in [9.17, 15) is 9.90 Å². The molecule has 0 spiro atoms. The fourth-order valence-corrected chi connectivity index (χ4v) is 5.36. The Labute approximate surface area is 122 Å². The molecule has 0 aromatic rings. The molecule has 3 aliphatic carbocycles. The van der Waals surface area contributed by atoms with Gasteiger partial charge < -0.3 is 9.84 Å². The number of aliphatic hydroxyl groups is 1. The lowest BCUT2D eigenvalue weighted by Gasteiger charge is -2.33. The van der Waals surface area contributed by atoms with Gasteiger partial charge in [-0.25, -0.2) is 0 Å². The predicted molar refractivity (Wildman–Crippen MR) is 77.0 cm³/mol. The van der Waals surface area contributed by atoms with Crippen LogP contribution in [0.5, 0.6) is 0 Å². The molecule has 114 valence electrons. The normalized spacial score (nSPS) is 41.9. The number of hydrogen-bond acceptors (Lipinski definition) is 3. The van der Waals surface area contributed by atoms with Crippen LogP contribution in [0.2, 0.25) is 0 Å². The van der Waals surface area contributed by atoms with Crippen molar-refractivity contribution in [1.29, 1.82) is 0 Å². The maximum atomic E-state index is 12.3. The number of esters is 1. The van der Waals surface area contributed by atoms with E-state index in [1.807, 2.05) is 0 Å². The van der Waals surface area contributed by atoms with Gasteiger partial charge in [0.05, 0.1) is 12.5 Å². The minimum atomic E-state index is 0.0515. The van der Waals surface area contributed by atoms with Gasteiger partial charge in [-0.1, -0.05) is 19.8 Å². The van der Waals surface area contributed by atoms with Crippen LogP contribution in [0.1, 0.15) is 51.9 Å². The molecule has 0 aliphatic heterocycles. The minimum Gasteiger partial charge on any atom is -0.465 e. The summed E-state index contributed by atoms with van der Waals surface area (Å²) in [7, 11) is 0. The quantitative estimate of drug-likeness (QED) is 0.601. The van der Waals surface area contributed by atoms with Gasteiger partial charge in [0.1, 0.15) is 0 Å². The van der Waals surface area contributed by atoms with Crippen LogP contribution in [0.25, 0.3) is 0 Å². The number of carbonyl (C=O) groups is 1. The summed E-state index contributed by atoms with van der Waals surface area (Å²) < 4.78 is 5.50. The van der Waals surface area contributed by atoms with E-state index in [2.05, 4.69) is 6.92 Å². The van der Waals surface area contributed by atoms with Crippen molar-refractivity contribution in [3.8, 4) is 0 Å². The molecule has 3 saturated carbocycles. The van der Waals surface area contributed by atoms with E-state index in [-0.39, 0.29) is 11.9 Å². The molecule has 6 unspecified atom stereocenters. The SMILES string of the molecule is CCCCCOC(=O)C1CC2CC1C1C(CO)CCC21. The van der Waals surface area contributed by atoms with Crippen LogP contribution in [-0.2, 0) is 9.53 Å². The third-order valence-electron chi connectivity index (χ3n) is 6.19. The van der Waals surface area contributed by atoms with E-state index >= 15 is 0 Å². The number of fused-ring (bicyclic) bond motifs is 5. The third kappa shape index (κ3) is 2.38. The van der Waals surface area contributed by atoms with Gasteiger partial charge in [0, 0.05) is 6.61 Å². The molecule has 0 aromatic carbocycles. The smallest absolute Gasteiger partial charge is 0.309 e. The van der Waals surface area contributed by atoms with E-state index in [0.717, 1.165) is 43.9 Å². The maximum Gasteiger partial charge on any atom is 0.309 e. The molecule has 3 nitrogen and oxygen atoms in total. The first kappa shape index (κ1) is 14.4. The zero-order chi connectivity index (χ0) is 14.1. The average molecular weight is 280 g/mol. The van der Waals surface area contributed by atoms with Crippen molar-refractivity contribution in [2.24, 2.45) is 35.5 Å². The Morgan fingerprint density at radius 2 is 2.05 bits per heavy atom. The molecule has 0 amide bonds. The molecule has 2 bridgehead atoms. The highest BCUT2D eigenvalue weighted by Gasteiger charge is 2.58. The van der Waals surface area contributed by atoms with Crippen molar-refractivity contribution in [3.05, 3.63) is 0 Å². The number of unbranched alkanes of at least 4 members (excludes halogenated alkanes) is 2. The highest BCUT2D eigenvalue weighted by molar-refractivity contribution is 5.73.